The summed E-state index contributed by atoms with van der Waals surface area (Å²) < 4.78 is 7.61. The third-order valence-corrected chi connectivity index (χ3v) is 5.26. The molecule has 0 saturated carbocycles. The number of aromatic nitrogens is 4. The van der Waals surface area contributed by atoms with Crippen molar-refractivity contribution in [2.24, 2.45) is 0 Å². The third kappa shape index (κ3) is 3.18. The molecular formula is C23H23N5O2. The van der Waals surface area contributed by atoms with Gasteiger partial charge >= 0.3 is 0 Å². The van der Waals surface area contributed by atoms with E-state index in [9.17, 15) is 5.11 Å². The van der Waals surface area contributed by atoms with Crippen molar-refractivity contribution in [3.63, 3.8) is 0 Å². The zero-order valence-electron chi connectivity index (χ0n) is 17.3. The number of hydrogen-bond acceptors (Lipinski definition) is 6. The van der Waals surface area contributed by atoms with E-state index < -0.39 is 0 Å². The van der Waals surface area contributed by atoms with Crippen LogP contribution in [0.5, 0.6) is 5.75 Å². The van der Waals surface area contributed by atoms with Gasteiger partial charge in [-0.05, 0) is 25.5 Å². The first-order valence-corrected chi connectivity index (χ1v) is 9.64. The molecule has 7 nitrogen and oxygen atoms in total. The van der Waals surface area contributed by atoms with Gasteiger partial charge in [0.15, 0.2) is 5.65 Å². The molecule has 0 radical (unpaired) electrons. The monoisotopic (exact) mass is 401 g/mol. The number of benzene rings is 2. The highest BCUT2D eigenvalue weighted by Crippen LogP contribution is 2.34. The molecule has 4 rings (SSSR count). The maximum atomic E-state index is 10.1. The lowest BCUT2D eigenvalue weighted by atomic mass is 9.98. The van der Waals surface area contributed by atoms with Crippen molar-refractivity contribution in [1.82, 2.24) is 19.6 Å². The molecule has 1 atom stereocenters. The standard InChI is InChI=1S/C23H23N5O2/c1-13(16-8-6-5-7-9-16)23-27-26-21-12-25-18-10-17(22(14(2)24)15(3)29)20(30-4)11-19(18)28(21)23/h5-13,24,29H,1-4H3/b22-15+,24-14?/t13-/m0/s1. The highest BCUT2D eigenvalue weighted by atomic mass is 16.5. The zero-order valence-corrected chi connectivity index (χ0v) is 17.3. The molecule has 0 amide bonds. The van der Waals surface area contributed by atoms with Crippen LogP contribution in [-0.4, -0.2) is 37.5 Å². The average Bonchev–Trinajstić information content (AvgIpc) is 3.17. The summed E-state index contributed by atoms with van der Waals surface area (Å²) in [6.45, 7) is 5.29. The highest BCUT2D eigenvalue weighted by Gasteiger charge is 2.21. The Kier molecular flexibility index (Phi) is 4.95. The predicted molar refractivity (Wildman–Crippen MR) is 117 cm³/mol. The first kappa shape index (κ1) is 19.6. The Morgan fingerprint density at radius 2 is 1.87 bits per heavy atom. The van der Waals surface area contributed by atoms with Crippen LogP contribution in [0.4, 0.5) is 0 Å². The minimum Gasteiger partial charge on any atom is -0.512 e. The quantitative estimate of drug-likeness (QED) is 0.371. The molecule has 0 spiro atoms. The molecular weight excluding hydrogens is 378 g/mol. The molecule has 0 saturated heterocycles. The van der Waals surface area contributed by atoms with Crippen LogP contribution in [0.3, 0.4) is 0 Å². The largest absolute Gasteiger partial charge is 0.512 e. The number of ether oxygens (including phenoxy) is 1. The smallest absolute Gasteiger partial charge is 0.179 e. The van der Waals surface area contributed by atoms with Crippen LogP contribution in [0.2, 0.25) is 0 Å². The first-order chi connectivity index (χ1) is 14.4. The predicted octanol–water partition coefficient (Wildman–Crippen LogP) is 4.77. The molecule has 0 aliphatic carbocycles. The molecule has 30 heavy (non-hydrogen) atoms. The fourth-order valence-electron chi connectivity index (χ4n) is 3.81. The molecule has 0 fully saturated rings. The summed E-state index contributed by atoms with van der Waals surface area (Å²) in [6, 6.07) is 13.8. The molecule has 2 N–H and O–H groups in total. The van der Waals surface area contributed by atoms with E-state index in [4.69, 9.17) is 10.1 Å². The lowest BCUT2D eigenvalue weighted by Gasteiger charge is -2.15. The summed E-state index contributed by atoms with van der Waals surface area (Å²) in [4.78, 5) is 4.54. The van der Waals surface area contributed by atoms with Crippen molar-refractivity contribution >= 4 is 28.0 Å². The number of nitrogens with zero attached hydrogens (tertiary/aromatic N) is 4. The van der Waals surface area contributed by atoms with Gasteiger partial charge < -0.3 is 15.3 Å². The number of nitrogens with one attached hydrogen (secondary N) is 1. The van der Waals surface area contributed by atoms with Crippen molar-refractivity contribution < 1.29 is 9.84 Å². The average molecular weight is 401 g/mol. The molecule has 152 valence electrons. The summed E-state index contributed by atoms with van der Waals surface area (Å²) in [6.07, 6.45) is 1.68. The Labute approximate surface area is 174 Å². The number of hydrogen-bond donors (Lipinski definition) is 2. The molecule has 0 aliphatic rings. The second-order valence-electron chi connectivity index (χ2n) is 7.27. The van der Waals surface area contributed by atoms with E-state index in [1.54, 1.807) is 27.2 Å². The van der Waals surface area contributed by atoms with Crippen LogP contribution in [-0.2, 0) is 0 Å². The van der Waals surface area contributed by atoms with Crippen LogP contribution in [0.15, 0.2) is 54.4 Å². The van der Waals surface area contributed by atoms with Gasteiger partial charge in [0, 0.05) is 28.8 Å². The van der Waals surface area contributed by atoms with Crippen LogP contribution in [0.1, 0.15) is 43.6 Å². The molecule has 0 bridgehead atoms. The van der Waals surface area contributed by atoms with Crippen LogP contribution in [0.25, 0.3) is 22.3 Å². The molecule has 4 aromatic rings. The maximum Gasteiger partial charge on any atom is 0.179 e. The molecule has 2 aromatic heterocycles. The van der Waals surface area contributed by atoms with Crippen molar-refractivity contribution in [3.05, 3.63) is 71.4 Å². The van der Waals surface area contributed by atoms with E-state index in [-0.39, 0.29) is 17.4 Å². The topological polar surface area (TPSA) is 96.4 Å². The van der Waals surface area contributed by atoms with Gasteiger partial charge in [-0.25, -0.2) is 0 Å². The van der Waals surface area contributed by atoms with Gasteiger partial charge in [0.25, 0.3) is 0 Å². The Hall–Kier alpha value is -3.74. The number of methoxy groups -OCH3 is 1. The van der Waals surface area contributed by atoms with Crippen LogP contribution in [0, 0.1) is 5.41 Å². The van der Waals surface area contributed by atoms with Gasteiger partial charge in [-0.1, -0.05) is 37.3 Å². The summed E-state index contributed by atoms with van der Waals surface area (Å²) >= 11 is 0. The van der Waals surface area contributed by atoms with Crippen molar-refractivity contribution in [1.29, 1.82) is 5.41 Å². The summed E-state index contributed by atoms with van der Waals surface area (Å²) in [5.74, 6) is 1.43. The van der Waals surface area contributed by atoms with E-state index in [2.05, 4.69) is 34.2 Å². The number of allylic oxidation sites excluding steroid dienone is 2. The van der Waals surface area contributed by atoms with Crippen molar-refractivity contribution in [2.45, 2.75) is 26.7 Å². The number of aliphatic hydroxyl groups excluding tert-OH is 1. The zero-order chi connectivity index (χ0) is 21.4. The van der Waals surface area contributed by atoms with Gasteiger partial charge in [0.2, 0.25) is 0 Å². The normalized spacial score (nSPS) is 13.3. The van der Waals surface area contributed by atoms with Crippen LogP contribution < -0.4 is 4.74 Å². The van der Waals surface area contributed by atoms with Gasteiger partial charge in [0.05, 0.1) is 30.1 Å². The summed E-state index contributed by atoms with van der Waals surface area (Å²) in [7, 11) is 1.57. The Morgan fingerprint density at radius 1 is 1.13 bits per heavy atom. The second kappa shape index (κ2) is 7.59. The molecule has 0 unspecified atom stereocenters. The van der Waals surface area contributed by atoms with Crippen molar-refractivity contribution in [3.8, 4) is 5.75 Å². The van der Waals surface area contributed by atoms with E-state index >= 15 is 0 Å². The Morgan fingerprint density at radius 3 is 2.50 bits per heavy atom. The fraction of sp³-hybridized carbons (Fsp3) is 0.217. The summed E-state index contributed by atoms with van der Waals surface area (Å²) in [5.41, 5.74) is 4.57. The summed E-state index contributed by atoms with van der Waals surface area (Å²) in [5, 5.41) is 27.0. The number of rotatable bonds is 5. The van der Waals surface area contributed by atoms with Gasteiger partial charge in [-0.2, -0.15) is 0 Å². The lowest BCUT2D eigenvalue weighted by Crippen LogP contribution is -2.06. The SMILES string of the molecule is COc1cc2c(cc1/C(C(C)=N)=C(\C)O)ncc1nnc([C@@H](C)c3ccccc3)n12. The van der Waals surface area contributed by atoms with E-state index in [0.717, 1.165) is 16.9 Å². The maximum absolute atomic E-state index is 10.1. The minimum atomic E-state index is 0.0245. The van der Waals surface area contributed by atoms with E-state index in [0.29, 0.717) is 28.0 Å². The van der Waals surface area contributed by atoms with Gasteiger partial charge in [-0.15, -0.1) is 10.2 Å². The highest BCUT2D eigenvalue weighted by molar-refractivity contribution is 6.22. The third-order valence-electron chi connectivity index (χ3n) is 5.26. The Bertz CT molecular complexity index is 1290. The Balaban J connectivity index is 2.00. The van der Waals surface area contributed by atoms with Gasteiger partial charge in [-0.3, -0.25) is 9.38 Å². The number of aliphatic hydroxyl groups is 1. The van der Waals surface area contributed by atoms with E-state index in [1.165, 1.54) is 0 Å². The molecule has 2 heterocycles. The second-order valence-corrected chi connectivity index (χ2v) is 7.27. The van der Waals surface area contributed by atoms with Crippen molar-refractivity contribution in [2.75, 3.05) is 7.11 Å². The first-order valence-electron chi connectivity index (χ1n) is 9.64. The molecule has 0 aliphatic heterocycles. The fourth-order valence-corrected chi connectivity index (χ4v) is 3.81. The minimum absolute atomic E-state index is 0.0245. The molecule has 2 aromatic carbocycles. The van der Waals surface area contributed by atoms with Gasteiger partial charge in [0.1, 0.15) is 11.6 Å². The van der Waals surface area contributed by atoms with Crippen LogP contribution >= 0.6 is 0 Å². The lowest BCUT2D eigenvalue weighted by molar-refractivity contribution is 0.409. The molecule has 7 heteroatoms. The van der Waals surface area contributed by atoms with E-state index in [1.807, 2.05) is 34.7 Å². The number of fused-ring (bicyclic) bond motifs is 3.